The van der Waals surface area contributed by atoms with Crippen LogP contribution in [0, 0.1) is 0 Å². The first kappa shape index (κ1) is 23.8. The molecule has 3 rings (SSSR count). The summed E-state index contributed by atoms with van der Waals surface area (Å²) in [5.41, 5.74) is 1.96. The number of aliphatic carboxylic acids is 1. The minimum absolute atomic E-state index is 0.247. The summed E-state index contributed by atoms with van der Waals surface area (Å²) in [6, 6.07) is 17.8. The fraction of sp³-hybridized carbons (Fsp3) is 0.375. The number of carboxylic acid groups (broad SMARTS) is 1. The molecule has 1 fully saturated rings. The van der Waals surface area contributed by atoms with E-state index in [4.69, 9.17) is 4.74 Å². The number of thioether (sulfide) groups is 1. The van der Waals surface area contributed by atoms with Crippen LogP contribution in [-0.2, 0) is 25.5 Å². The van der Waals surface area contributed by atoms with Crippen LogP contribution < -0.4 is 5.32 Å². The van der Waals surface area contributed by atoms with Crippen LogP contribution in [0.1, 0.15) is 29.8 Å². The van der Waals surface area contributed by atoms with Gasteiger partial charge in [-0.2, -0.15) is 0 Å². The Morgan fingerprint density at radius 3 is 2.44 bits per heavy atom. The highest BCUT2D eigenvalue weighted by atomic mass is 32.2. The molecule has 1 amide bonds. The van der Waals surface area contributed by atoms with Gasteiger partial charge in [0.15, 0.2) is 0 Å². The van der Waals surface area contributed by atoms with Gasteiger partial charge in [0.05, 0.1) is 12.6 Å². The second-order valence-electron chi connectivity index (χ2n) is 7.50. The van der Waals surface area contributed by atoms with E-state index in [0.29, 0.717) is 18.6 Å². The van der Waals surface area contributed by atoms with Crippen molar-refractivity contribution in [2.75, 3.05) is 18.9 Å². The monoisotopic (exact) mass is 456 g/mol. The van der Waals surface area contributed by atoms with Gasteiger partial charge in [0.1, 0.15) is 18.0 Å². The maximum atomic E-state index is 13.3. The Labute approximate surface area is 192 Å². The van der Waals surface area contributed by atoms with Crippen molar-refractivity contribution in [3.05, 3.63) is 71.8 Å². The van der Waals surface area contributed by atoms with Crippen LogP contribution in [0.5, 0.6) is 0 Å². The molecule has 0 saturated carbocycles. The minimum atomic E-state index is -1.08. The molecular formula is C24H28N2O5S. The highest BCUT2D eigenvalue weighted by Crippen LogP contribution is 2.37. The smallest absolute Gasteiger partial charge is 0.323 e. The second-order valence-corrected chi connectivity index (χ2v) is 8.62. The highest BCUT2D eigenvalue weighted by molar-refractivity contribution is 7.99. The summed E-state index contributed by atoms with van der Waals surface area (Å²) < 4.78 is 5.22. The Hall–Kier alpha value is -2.84. The molecule has 0 aliphatic carbocycles. The van der Waals surface area contributed by atoms with Gasteiger partial charge in [-0.1, -0.05) is 60.7 Å². The van der Waals surface area contributed by atoms with Crippen molar-refractivity contribution in [1.29, 1.82) is 0 Å². The van der Waals surface area contributed by atoms with Crippen LogP contribution in [0.2, 0.25) is 0 Å². The molecule has 0 aromatic heterocycles. The van der Waals surface area contributed by atoms with E-state index in [1.165, 1.54) is 16.7 Å². The van der Waals surface area contributed by atoms with E-state index < -0.39 is 30.6 Å². The summed E-state index contributed by atoms with van der Waals surface area (Å²) >= 11 is 1.49. The molecule has 2 aromatic carbocycles. The number of benzene rings is 2. The number of carbonyl (C=O) groups excluding carboxylic acids is 2. The molecule has 32 heavy (non-hydrogen) atoms. The van der Waals surface area contributed by atoms with Gasteiger partial charge in [0, 0.05) is 5.75 Å². The summed E-state index contributed by atoms with van der Waals surface area (Å²) in [5.74, 6) is -1.38. The zero-order valence-corrected chi connectivity index (χ0v) is 18.8. The molecule has 0 radical (unpaired) electrons. The number of amides is 1. The Balaban J connectivity index is 1.74. The van der Waals surface area contributed by atoms with Crippen molar-refractivity contribution in [2.45, 2.75) is 37.2 Å². The molecule has 0 bridgehead atoms. The van der Waals surface area contributed by atoms with Gasteiger partial charge in [-0.25, -0.2) is 0 Å². The van der Waals surface area contributed by atoms with Crippen molar-refractivity contribution in [3.63, 3.8) is 0 Å². The Morgan fingerprint density at radius 2 is 1.81 bits per heavy atom. The maximum Gasteiger partial charge on any atom is 0.323 e. The fourth-order valence-corrected chi connectivity index (χ4v) is 5.02. The molecule has 2 aromatic rings. The topological polar surface area (TPSA) is 95.9 Å². The van der Waals surface area contributed by atoms with E-state index >= 15 is 0 Å². The fourth-order valence-electron chi connectivity index (χ4n) is 3.69. The zero-order chi connectivity index (χ0) is 22.9. The highest BCUT2D eigenvalue weighted by Gasteiger charge is 2.39. The number of aryl methyl sites for hydroxylation is 1. The lowest BCUT2D eigenvalue weighted by atomic mass is 10.0. The number of hydrogen-bond donors (Lipinski definition) is 2. The van der Waals surface area contributed by atoms with E-state index in [0.717, 1.165) is 11.1 Å². The SMILES string of the molecule is CCOC(=O)C(CCc1ccccc1)N[C@H]1CSC(c2ccccc2)N(CC(=O)O)C1=O. The number of carbonyl (C=O) groups is 3. The maximum absolute atomic E-state index is 13.3. The number of rotatable bonds is 10. The minimum Gasteiger partial charge on any atom is -0.480 e. The molecule has 0 spiro atoms. The summed E-state index contributed by atoms with van der Waals surface area (Å²) in [6.45, 7) is 1.58. The van der Waals surface area contributed by atoms with Crippen molar-refractivity contribution in [1.82, 2.24) is 10.2 Å². The summed E-state index contributed by atoms with van der Waals surface area (Å²) in [4.78, 5) is 38.7. The third-order valence-corrected chi connectivity index (χ3v) is 6.58. The first-order valence-corrected chi connectivity index (χ1v) is 11.7. The number of nitrogens with zero attached hydrogens (tertiary/aromatic N) is 1. The van der Waals surface area contributed by atoms with Gasteiger partial charge < -0.3 is 14.7 Å². The third kappa shape index (κ3) is 6.34. The largest absolute Gasteiger partial charge is 0.480 e. The lowest BCUT2D eigenvalue weighted by Gasteiger charge is -2.39. The quantitative estimate of drug-likeness (QED) is 0.531. The molecule has 1 heterocycles. The number of hydrogen-bond acceptors (Lipinski definition) is 6. The van der Waals surface area contributed by atoms with E-state index in [2.05, 4.69) is 5.32 Å². The van der Waals surface area contributed by atoms with Gasteiger partial charge >= 0.3 is 11.9 Å². The normalized spacial score (nSPS) is 19.4. The van der Waals surface area contributed by atoms with Crippen molar-refractivity contribution in [3.8, 4) is 0 Å². The molecule has 1 aliphatic rings. The van der Waals surface area contributed by atoms with E-state index in [9.17, 15) is 19.5 Å². The van der Waals surface area contributed by atoms with Gasteiger partial charge in [0.25, 0.3) is 0 Å². The number of nitrogens with one attached hydrogen (secondary N) is 1. The molecule has 3 atom stereocenters. The zero-order valence-electron chi connectivity index (χ0n) is 18.0. The van der Waals surface area contributed by atoms with Crippen LogP contribution in [0.15, 0.2) is 60.7 Å². The van der Waals surface area contributed by atoms with Crippen molar-refractivity contribution in [2.24, 2.45) is 0 Å². The molecule has 2 N–H and O–H groups in total. The Bertz CT molecular complexity index is 909. The predicted molar refractivity (Wildman–Crippen MR) is 123 cm³/mol. The van der Waals surface area contributed by atoms with Crippen LogP contribution in [0.3, 0.4) is 0 Å². The Morgan fingerprint density at radius 1 is 1.16 bits per heavy atom. The first-order valence-electron chi connectivity index (χ1n) is 10.6. The van der Waals surface area contributed by atoms with E-state index in [-0.39, 0.29) is 17.9 Å². The predicted octanol–water partition coefficient (Wildman–Crippen LogP) is 2.87. The van der Waals surface area contributed by atoms with Crippen molar-refractivity contribution >= 4 is 29.6 Å². The van der Waals surface area contributed by atoms with E-state index in [1.54, 1.807) is 6.92 Å². The lowest BCUT2D eigenvalue weighted by molar-refractivity contribution is -0.148. The first-order chi connectivity index (χ1) is 15.5. The van der Waals surface area contributed by atoms with Gasteiger partial charge in [-0.3, -0.25) is 19.7 Å². The number of carboxylic acids is 1. The van der Waals surface area contributed by atoms with Crippen LogP contribution in [0.4, 0.5) is 0 Å². The van der Waals surface area contributed by atoms with Crippen LogP contribution in [0.25, 0.3) is 0 Å². The van der Waals surface area contributed by atoms with Crippen molar-refractivity contribution < 1.29 is 24.2 Å². The molecular weight excluding hydrogens is 428 g/mol. The number of ether oxygens (including phenoxy) is 1. The van der Waals surface area contributed by atoms with Gasteiger partial charge in [0.2, 0.25) is 5.91 Å². The summed E-state index contributed by atoms with van der Waals surface area (Å²) in [6.07, 6.45) is 1.12. The number of esters is 1. The molecule has 1 aliphatic heterocycles. The van der Waals surface area contributed by atoms with E-state index in [1.807, 2.05) is 60.7 Å². The molecule has 1 saturated heterocycles. The summed E-state index contributed by atoms with van der Waals surface area (Å²) in [7, 11) is 0. The third-order valence-electron chi connectivity index (χ3n) is 5.21. The molecule has 7 nitrogen and oxygen atoms in total. The van der Waals surface area contributed by atoms with Crippen LogP contribution in [-0.4, -0.2) is 58.8 Å². The van der Waals surface area contributed by atoms with Crippen LogP contribution >= 0.6 is 11.8 Å². The standard InChI is InChI=1S/C24H28N2O5S/c1-2-31-24(30)19(14-13-17-9-5-3-6-10-17)25-20-16-32-23(18-11-7-4-8-12-18)26(22(20)29)15-21(27)28/h3-12,19-20,23,25H,2,13-16H2,1H3,(H,27,28)/t19?,20-,23?/m0/s1. The van der Waals surface area contributed by atoms with Gasteiger partial charge in [-0.05, 0) is 30.9 Å². The second kappa shape index (κ2) is 11.7. The average Bonchev–Trinajstić information content (AvgIpc) is 2.80. The molecule has 8 heteroatoms. The van der Waals surface area contributed by atoms with Gasteiger partial charge in [-0.15, -0.1) is 11.8 Å². The average molecular weight is 457 g/mol. The molecule has 170 valence electrons. The lowest BCUT2D eigenvalue weighted by Crippen LogP contribution is -2.57. The summed E-state index contributed by atoms with van der Waals surface area (Å²) in [5, 5.41) is 12.2. The molecule has 2 unspecified atom stereocenters. The Kier molecular flexibility index (Phi) is 8.70.